The molecule has 2 N–H and O–H groups in total. The van der Waals surface area contributed by atoms with E-state index >= 15 is 0 Å². The predicted molar refractivity (Wildman–Crippen MR) is 81.8 cm³/mol. The molecule has 0 aliphatic carbocycles. The van der Waals surface area contributed by atoms with Crippen LogP contribution in [-0.2, 0) is 20.7 Å². The lowest BCUT2D eigenvalue weighted by Crippen LogP contribution is -2.38. The van der Waals surface area contributed by atoms with Crippen LogP contribution >= 0.6 is 0 Å². The smallest absolute Gasteiger partial charge is 0.223 e. The van der Waals surface area contributed by atoms with E-state index in [1.54, 1.807) is 13.8 Å². The maximum atomic E-state index is 11.9. The molecule has 1 amide bonds. The second kappa shape index (κ2) is 8.54. The van der Waals surface area contributed by atoms with Crippen molar-refractivity contribution in [3.63, 3.8) is 0 Å². The Hall–Kier alpha value is -1.72. The first-order chi connectivity index (χ1) is 9.96. The Morgan fingerprint density at radius 2 is 2.00 bits per heavy atom. The van der Waals surface area contributed by atoms with Crippen molar-refractivity contribution in [1.29, 1.82) is 0 Å². The molecule has 116 valence electrons. The maximum absolute atomic E-state index is 11.9. The number of hydrogen-bond donors (Lipinski definition) is 2. The highest BCUT2D eigenvalue weighted by Crippen LogP contribution is 2.06. The molecular weight excluding hydrogens is 268 g/mol. The molecule has 0 radical (unpaired) electrons. The van der Waals surface area contributed by atoms with Crippen molar-refractivity contribution in [2.75, 3.05) is 13.8 Å². The van der Waals surface area contributed by atoms with Gasteiger partial charge in [0.2, 0.25) is 5.91 Å². The van der Waals surface area contributed by atoms with Gasteiger partial charge < -0.3 is 20.2 Å². The van der Waals surface area contributed by atoms with Crippen LogP contribution < -0.4 is 10.6 Å². The molecule has 5 nitrogen and oxygen atoms in total. The zero-order valence-electron chi connectivity index (χ0n) is 12.9. The molecule has 5 heteroatoms. The average Bonchev–Trinajstić information content (AvgIpc) is 2.47. The molecule has 0 heterocycles. The monoisotopic (exact) mass is 292 g/mol. The molecule has 0 spiro atoms. The fourth-order valence-corrected chi connectivity index (χ4v) is 1.81. The topological polar surface area (TPSA) is 67.4 Å². The van der Waals surface area contributed by atoms with Crippen LogP contribution in [0.2, 0.25) is 0 Å². The van der Waals surface area contributed by atoms with E-state index < -0.39 is 5.60 Å². The van der Waals surface area contributed by atoms with Gasteiger partial charge >= 0.3 is 0 Å². The number of hydrogen-bond acceptors (Lipinski definition) is 4. The van der Waals surface area contributed by atoms with Crippen LogP contribution in [0.1, 0.15) is 25.8 Å². The van der Waals surface area contributed by atoms with Crippen LogP contribution in [0.15, 0.2) is 30.3 Å². The fraction of sp³-hybridized carbons (Fsp3) is 0.500. The van der Waals surface area contributed by atoms with Crippen molar-refractivity contribution < 1.29 is 14.3 Å². The summed E-state index contributed by atoms with van der Waals surface area (Å²) in [6, 6.07) is 10.1. The molecule has 0 saturated carbocycles. The van der Waals surface area contributed by atoms with Gasteiger partial charge in [-0.15, -0.1) is 0 Å². The highest BCUT2D eigenvalue weighted by atomic mass is 16.5. The maximum Gasteiger partial charge on any atom is 0.223 e. The van der Waals surface area contributed by atoms with Crippen molar-refractivity contribution in [2.24, 2.45) is 0 Å². The summed E-state index contributed by atoms with van der Waals surface area (Å²) in [6.07, 6.45) is 1.85. The lowest BCUT2D eigenvalue weighted by atomic mass is 10.0. The first-order valence-electron chi connectivity index (χ1n) is 7.05. The van der Waals surface area contributed by atoms with E-state index in [9.17, 15) is 9.59 Å². The molecule has 1 unspecified atom stereocenters. The summed E-state index contributed by atoms with van der Waals surface area (Å²) in [5, 5.41) is 5.81. The molecule has 0 aliphatic heterocycles. The Kier molecular flexibility index (Phi) is 7.05. The van der Waals surface area contributed by atoms with Crippen LogP contribution in [0.3, 0.4) is 0 Å². The first kappa shape index (κ1) is 17.3. The lowest BCUT2D eigenvalue weighted by molar-refractivity contribution is -0.133. The van der Waals surface area contributed by atoms with Crippen molar-refractivity contribution >= 4 is 12.2 Å². The zero-order chi connectivity index (χ0) is 15.7. The molecule has 1 aromatic carbocycles. The molecule has 0 aliphatic rings. The minimum atomic E-state index is -0.875. The number of nitrogens with one attached hydrogen (secondary N) is 2. The third-order valence-corrected chi connectivity index (χ3v) is 3.16. The normalized spacial score (nSPS) is 12.7. The number of rotatable bonds is 9. The van der Waals surface area contributed by atoms with Gasteiger partial charge in [0.15, 0.2) is 6.29 Å². The third-order valence-electron chi connectivity index (χ3n) is 3.16. The standard InChI is InChI=1S/C16H24N2O3/c1-16(2,11-19)21-12-18-15(20)10-14(17-3)9-13-7-5-4-6-8-13/h4-8,11,14,17H,9-10,12H2,1-3H3,(H,18,20). The van der Waals surface area contributed by atoms with Crippen molar-refractivity contribution in [3.8, 4) is 0 Å². The van der Waals surface area contributed by atoms with Gasteiger partial charge in [-0.1, -0.05) is 30.3 Å². The largest absolute Gasteiger partial charge is 0.348 e. The molecule has 0 bridgehead atoms. The molecule has 0 aromatic heterocycles. The number of ether oxygens (including phenoxy) is 1. The minimum Gasteiger partial charge on any atom is -0.348 e. The summed E-state index contributed by atoms with van der Waals surface area (Å²) in [7, 11) is 1.84. The second-order valence-electron chi connectivity index (χ2n) is 5.49. The molecule has 1 aromatic rings. The van der Waals surface area contributed by atoms with E-state index in [4.69, 9.17) is 4.74 Å². The summed E-state index contributed by atoms with van der Waals surface area (Å²) in [4.78, 5) is 22.5. The summed E-state index contributed by atoms with van der Waals surface area (Å²) in [6.45, 7) is 3.34. The van der Waals surface area contributed by atoms with E-state index in [0.29, 0.717) is 12.7 Å². The molecule has 1 atom stereocenters. The molecule has 0 saturated heterocycles. The zero-order valence-corrected chi connectivity index (χ0v) is 12.9. The van der Waals surface area contributed by atoms with Gasteiger partial charge in [-0.25, -0.2) is 0 Å². The highest BCUT2D eigenvalue weighted by molar-refractivity contribution is 5.76. The first-order valence-corrected chi connectivity index (χ1v) is 7.05. The van der Waals surface area contributed by atoms with Crippen LogP contribution in [0.4, 0.5) is 0 Å². The Morgan fingerprint density at radius 3 is 2.57 bits per heavy atom. The van der Waals surface area contributed by atoms with E-state index in [2.05, 4.69) is 10.6 Å². The molecule has 0 fully saturated rings. The Morgan fingerprint density at radius 1 is 1.33 bits per heavy atom. The lowest BCUT2D eigenvalue weighted by Gasteiger charge is -2.19. The van der Waals surface area contributed by atoms with Gasteiger partial charge in [-0.05, 0) is 32.9 Å². The number of carbonyl (C=O) groups is 2. The van der Waals surface area contributed by atoms with Crippen LogP contribution in [0.5, 0.6) is 0 Å². The van der Waals surface area contributed by atoms with E-state index in [1.807, 2.05) is 37.4 Å². The van der Waals surface area contributed by atoms with Crippen molar-refractivity contribution in [2.45, 2.75) is 38.3 Å². The fourth-order valence-electron chi connectivity index (χ4n) is 1.81. The number of likely N-dealkylation sites (N-methyl/N-ethyl adjacent to an activating group) is 1. The van der Waals surface area contributed by atoms with E-state index in [0.717, 1.165) is 6.42 Å². The van der Waals surface area contributed by atoms with Crippen LogP contribution in [0, 0.1) is 0 Å². The quantitative estimate of drug-likeness (QED) is 0.531. The van der Waals surface area contributed by atoms with Gasteiger partial charge in [0.1, 0.15) is 12.3 Å². The van der Waals surface area contributed by atoms with E-state index in [1.165, 1.54) is 5.56 Å². The summed E-state index contributed by atoms with van der Waals surface area (Å²) >= 11 is 0. The number of amides is 1. The number of aldehydes is 1. The van der Waals surface area contributed by atoms with Gasteiger partial charge in [-0.2, -0.15) is 0 Å². The van der Waals surface area contributed by atoms with Crippen LogP contribution in [0.25, 0.3) is 0 Å². The molecule has 21 heavy (non-hydrogen) atoms. The number of carbonyl (C=O) groups excluding carboxylic acids is 2. The van der Waals surface area contributed by atoms with Gasteiger partial charge in [-0.3, -0.25) is 4.79 Å². The average molecular weight is 292 g/mol. The SMILES string of the molecule is CNC(CC(=O)NCOC(C)(C)C=O)Cc1ccccc1. The summed E-state index contributed by atoms with van der Waals surface area (Å²) in [5.74, 6) is -0.105. The predicted octanol–water partition coefficient (Wildman–Crippen LogP) is 1.27. The second-order valence-corrected chi connectivity index (χ2v) is 5.49. The Balaban J connectivity index is 2.36. The Bertz CT molecular complexity index is 446. The van der Waals surface area contributed by atoms with Crippen LogP contribution in [-0.4, -0.2) is 37.6 Å². The van der Waals surface area contributed by atoms with Gasteiger partial charge in [0, 0.05) is 12.5 Å². The summed E-state index contributed by atoms with van der Waals surface area (Å²) in [5.41, 5.74) is 0.308. The third kappa shape index (κ3) is 7.02. The molecular formula is C16H24N2O3. The Labute approximate surface area is 126 Å². The molecule has 1 rings (SSSR count). The van der Waals surface area contributed by atoms with Gasteiger partial charge in [0.25, 0.3) is 0 Å². The van der Waals surface area contributed by atoms with E-state index in [-0.39, 0.29) is 18.7 Å². The number of benzene rings is 1. The highest BCUT2D eigenvalue weighted by Gasteiger charge is 2.17. The van der Waals surface area contributed by atoms with Gasteiger partial charge in [0.05, 0.1) is 0 Å². The minimum absolute atomic E-state index is 0.0341. The van der Waals surface area contributed by atoms with Crippen molar-refractivity contribution in [1.82, 2.24) is 10.6 Å². The van der Waals surface area contributed by atoms with Crippen molar-refractivity contribution in [3.05, 3.63) is 35.9 Å². The summed E-state index contributed by atoms with van der Waals surface area (Å²) < 4.78 is 5.26.